The molecule has 0 spiro atoms. The van der Waals surface area contributed by atoms with Crippen molar-refractivity contribution in [2.75, 3.05) is 33.1 Å². The van der Waals surface area contributed by atoms with Crippen molar-refractivity contribution in [3.05, 3.63) is 58.5 Å². The highest BCUT2D eigenvalue weighted by atomic mass is 32.2. The summed E-state index contributed by atoms with van der Waals surface area (Å²) in [6.07, 6.45) is 8.94. The van der Waals surface area contributed by atoms with Crippen LogP contribution in [-0.2, 0) is 33.4 Å². The number of allylic oxidation sites excluding steroid dienone is 4. The summed E-state index contributed by atoms with van der Waals surface area (Å²) in [6.45, 7) is 7.93. The predicted octanol–water partition coefficient (Wildman–Crippen LogP) is 3.36. The molecular weight excluding hydrogens is 793 g/mol. The molecule has 2 fully saturated rings. The van der Waals surface area contributed by atoms with Gasteiger partial charge in [0.1, 0.15) is 6.10 Å². The first-order valence-corrected chi connectivity index (χ1v) is 22.0. The number of carbonyl (C=O) groups excluding carboxylic acids is 6. The van der Waals surface area contributed by atoms with Crippen molar-refractivity contribution >= 4 is 47.3 Å². The quantitative estimate of drug-likeness (QED) is 0.0544. The van der Waals surface area contributed by atoms with Crippen molar-refractivity contribution in [2.24, 2.45) is 17.6 Å². The first-order valence-electron chi connectivity index (χ1n) is 20.9. The van der Waals surface area contributed by atoms with Crippen molar-refractivity contribution in [3.63, 3.8) is 0 Å². The number of nitrogens with one attached hydrogen (secondary N) is 5. The van der Waals surface area contributed by atoms with Crippen LogP contribution < -0.4 is 32.3 Å². The van der Waals surface area contributed by atoms with Crippen LogP contribution in [0.1, 0.15) is 85.5 Å². The number of amides is 5. The normalized spacial score (nSPS) is 31.4. The molecule has 60 heavy (non-hydrogen) atoms. The second kappa shape index (κ2) is 23.5. The summed E-state index contributed by atoms with van der Waals surface area (Å²) in [4.78, 5) is 76.8. The third-order valence-electron chi connectivity index (χ3n) is 11.4. The van der Waals surface area contributed by atoms with Crippen LogP contribution in [0.15, 0.2) is 58.5 Å². The maximum atomic E-state index is 14.0. The van der Waals surface area contributed by atoms with Gasteiger partial charge in [-0.3, -0.25) is 19.2 Å². The summed E-state index contributed by atoms with van der Waals surface area (Å²) < 4.78 is 16.8. The van der Waals surface area contributed by atoms with Crippen LogP contribution in [0.5, 0.6) is 0 Å². The molecule has 17 heteroatoms. The molecule has 332 valence electrons. The van der Waals surface area contributed by atoms with Crippen LogP contribution in [0.3, 0.4) is 0 Å². The van der Waals surface area contributed by atoms with Gasteiger partial charge in [-0.05, 0) is 70.3 Å². The Morgan fingerprint density at radius 3 is 2.47 bits per heavy atom. The number of unbranched alkanes of at least 4 members (excludes halogenated alkanes) is 3. The number of primary amides is 1. The second-order valence-corrected chi connectivity index (χ2v) is 17.4. The minimum Gasteiger partial charge on any atom is -0.439 e. The molecule has 2 bridgehead atoms. The molecule has 3 unspecified atom stereocenters. The molecule has 9 atom stereocenters. The number of rotatable bonds is 15. The molecule has 8 N–H and O–H groups in total. The van der Waals surface area contributed by atoms with Gasteiger partial charge in [-0.1, -0.05) is 44.6 Å². The predicted molar refractivity (Wildman–Crippen MR) is 228 cm³/mol. The van der Waals surface area contributed by atoms with Crippen LogP contribution in [0.25, 0.3) is 0 Å². The van der Waals surface area contributed by atoms with Gasteiger partial charge in [-0.25, -0.2) is 9.59 Å². The number of aliphatic hydroxyl groups is 1. The Bertz CT molecular complexity index is 1740. The number of urea groups is 1. The van der Waals surface area contributed by atoms with Gasteiger partial charge in [0.2, 0.25) is 17.5 Å². The third-order valence-corrected chi connectivity index (χ3v) is 12.9. The highest BCUT2D eigenvalue weighted by Gasteiger charge is 2.42. The van der Waals surface area contributed by atoms with Gasteiger partial charge in [0.05, 0.1) is 35.7 Å². The minimum atomic E-state index is -1.01. The number of thioether (sulfide) groups is 1. The molecule has 1 aliphatic carbocycles. The summed E-state index contributed by atoms with van der Waals surface area (Å²) in [7, 11) is 2.92. The van der Waals surface area contributed by atoms with E-state index in [1.54, 1.807) is 39.0 Å². The number of ketones is 2. The van der Waals surface area contributed by atoms with Crippen molar-refractivity contribution in [1.82, 2.24) is 26.6 Å². The highest BCUT2D eigenvalue weighted by Crippen LogP contribution is 2.33. The summed E-state index contributed by atoms with van der Waals surface area (Å²) in [5.41, 5.74) is 6.46. The van der Waals surface area contributed by atoms with Crippen LogP contribution >= 0.6 is 11.8 Å². The molecule has 2 saturated heterocycles. The lowest BCUT2D eigenvalue weighted by atomic mass is 9.85. The van der Waals surface area contributed by atoms with E-state index in [2.05, 4.69) is 26.6 Å². The highest BCUT2D eigenvalue weighted by molar-refractivity contribution is 8.00. The van der Waals surface area contributed by atoms with Crippen LogP contribution in [0.2, 0.25) is 0 Å². The fraction of sp³-hybridized carbons (Fsp3) is 0.628. The molecule has 16 nitrogen and oxygen atoms in total. The van der Waals surface area contributed by atoms with Crippen LogP contribution in [-0.4, -0.2) is 115 Å². The molecule has 0 aromatic heterocycles. The average molecular weight is 857 g/mol. The first kappa shape index (κ1) is 48.2. The molecule has 4 aliphatic rings. The van der Waals surface area contributed by atoms with Crippen molar-refractivity contribution in [1.29, 1.82) is 0 Å². The molecule has 4 rings (SSSR count). The Morgan fingerprint density at radius 2 is 1.75 bits per heavy atom. The number of hydrogen-bond acceptors (Lipinski definition) is 12. The summed E-state index contributed by atoms with van der Waals surface area (Å²) in [5.74, 6) is -1.30. The van der Waals surface area contributed by atoms with E-state index in [1.807, 2.05) is 18.7 Å². The van der Waals surface area contributed by atoms with Crippen LogP contribution in [0.4, 0.5) is 9.59 Å². The maximum Gasteiger partial charge on any atom is 0.405 e. The largest absolute Gasteiger partial charge is 0.439 e. The van der Waals surface area contributed by atoms with Gasteiger partial charge in [-0.15, -0.1) is 0 Å². The van der Waals surface area contributed by atoms with E-state index >= 15 is 0 Å². The van der Waals surface area contributed by atoms with Gasteiger partial charge in [0.15, 0.2) is 6.10 Å². The molecule has 5 amide bonds. The molecule has 3 heterocycles. The lowest BCUT2D eigenvalue weighted by Crippen LogP contribution is -2.38. The number of methoxy groups -OCH3 is 2. The number of fused-ring (bicyclic) bond motifs is 3. The Hall–Kier alpha value is -4.45. The van der Waals surface area contributed by atoms with E-state index in [-0.39, 0.29) is 58.9 Å². The average Bonchev–Trinajstić information content (AvgIpc) is 3.76. The van der Waals surface area contributed by atoms with Gasteiger partial charge >= 0.3 is 12.1 Å². The number of hydrogen-bond donors (Lipinski definition) is 7. The third kappa shape index (κ3) is 13.8. The van der Waals surface area contributed by atoms with E-state index in [0.29, 0.717) is 43.2 Å². The number of aliphatic hydroxyl groups excluding tert-OH is 1. The number of nitrogens with two attached hydrogens (primary N) is 1. The number of Topliss-reactive ketones (excluding diaryl/α,β-unsaturated/α-hetero) is 1. The van der Waals surface area contributed by atoms with E-state index in [9.17, 15) is 33.9 Å². The van der Waals surface area contributed by atoms with Gasteiger partial charge in [-0.2, -0.15) is 11.8 Å². The maximum absolute atomic E-state index is 14.0. The smallest absolute Gasteiger partial charge is 0.405 e. The monoisotopic (exact) mass is 856 g/mol. The van der Waals surface area contributed by atoms with Crippen molar-refractivity contribution < 1.29 is 48.1 Å². The molecule has 0 saturated carbocycles. The zero-order valence-electron chi connectivity index (χ0n) is 35.7. The minimum absolute atomic E-state index is 0.0131. The van der Waals surface area contributed by atoms with Crippen molar-refractivity contribution in [3.8, 4) is 0 Å². The molecule has 0 aromatic rings. The number of carbonyl (C=O) groups is 6. The van der Waals surface area contributed by atoms with Gasteiger partial charge < -0.3 is 51.6 Å². The molecule has 0 radical (unpaired) electrons. The van der Waals surface area contributed by atoms with E-state index < -0.39 is 53.9 Å². The SMILES string of the molecule is CO[C@H]1C[C@H](C)CC2=C(NCCCCCNC(=O)CCCCC3SCC4NC(=O)NC43)C(=O)C=C(NC(=O)/C(C)=C/C=C\[C@@H](OC)[C@@H](OC(N)=O)/C(C)=C/[C@H](C)[C@H]1O)C2=O. The second-order valence-electron chi connectivity index (χ2n) is 16.1. The Kier molecular flexibility index (Phi) is 18.9. The topological polar surface area (TPSA) is 237 Å². The molecule has 0 aromatic carbocycles. The van der Waals surface area contributed by atoms with Crippen molar-refractivity contribution in [2.45, 2.75) is 127 Å². The summed E-state index contributed by atoms with van der Waals surface area (Å²) in [6, 6.07) is 0.274. The fourth-order valence-corrected chi connectivity index (χ4v) is 9.55. The Labute approximate surface area is 357 Å². The van der Waals surface area contributed by atoms with Crippen LogP contribution in [0, 0.1) is 11.8 Å². The summed E-state index contributed by atoms with van der Waals surface area (Å²) in [5, 5.41) is 26.6. The van der Waals surface area contributed by atoms with E-state index in [1.165, 1.54) is 20.3 Å². The summed E-state index contributed by atoms with van der Waals surface area (Å²) >= 11 is 1.87. The molecule has 3 aliphatic heterocycles. The lowest BCUT2D eigenvalue weighted by molar-refractivity contribution is -0.121. The Morgan fingerprint density at radius 1 is 1.00 bits per heavy atom. The van der Waals surface area contributed by atoms with E-state index in [4.69, 9.17) is 19.9 Å². The lowest BCUT2D eigenvalue weighted by Gasteiger charge is -2.30. The zero-order chi connectivity index (χ0) is 43.9. The fourth-order valence-electron chi connectivity index (χ4n) is 8.01. The standard InChI is InChI=1S/C43H64N6O10S/c1-24-19-28-36(46-18-11-7-10-17-45-35(51)16-9-8-15-34-37-30(23-60-34)48-43(56)49-37)31(50)22-29(39(28)53)47-41(54)25(2)13-12-14-32(57-5)40(59-42(44)55)27(4)21-26(3)38(52)33(20-24)58-6/h12-14,21-22,24,26,30,32-34,37-38,40,46,52H,7-11,15-20,23H2,1-6H3,(H2,44,55)(H,45,51)(H,47,54)(H2,48,49,56)/b14-12-,25-13+,27-21+/t24-,26+,30?,32-,33+,34?,37?,38-,40+/m1/s1. The first-order chi connectivity index (χ1) is 28.6. The van der Waals surface area contributed by atoms with Gasteiger partial charge in [0, 0.05) is 67.9 Å². The van der Waals surface area contributed by atoms with E-state index in [0.717, 1.165) is 43.9 Å². The Balaban J connectivity index is 1.37. The van der Waals surface area contributed by atoms with Gasteiger partial charge in [0.25, 0.3) is 5.91 Å². The molecular formula is C43H64N6O10S. The number of ether oxygens (including phenoxy) is 3. The zero-order valence-corrected chi connectivity index (χ0v) is 36.5.